The lowest BCUT2D eigenvalue weighted by molar-refractivity contribution is -0.275. The van der Waals surface area contributed by atoms with Crippen molar-refractivity contribution < 1.29 is 63.7 Å². The van der Waals surface area contributed by atoms with Crippen molar-refractivity contribution in [2.45, 2.75) is 12.5 Å². The number of hydrogen-bond donors (Lipinski definition) is 2. The molecular weight excluding hydrogens is 566 g/mol. The number of rotatable bonds is 8. The Morgan fingerprint density at radius 3 is 2.08 bits per heavy atom. The molecule has 2 aromatic carbocycles. The number of carbonyl (C=O) groups excluding carboxylic acids is 2. The Labute approximate surface area is 218 Å². The van der Waals surface area contributed by atoms with Crippen LogP contribution < -0.4 is 30.0 Å². The van der Waals surface area contributed by atoms with E-state index in [4.69, 9.17) is 15.2 Å². The zero-order chi connectivity index (χ0) is 30.0. The van der Waals surface area contributed by atoms with Crippen LogP contribution in [0.5, 0.6) is 28.7 Å². The lowest BCUT2D eigenvalue weighted by Crippen LogP contribution is -2.20. The fourth-order valence-corrected chi connectivity index (χ4v) is 3.27. The molecule has 3 rings (SSSR count). The number of nitrogens with two attached hydrogens (primary N) is 1. The molecule has 1 heterocycles. The van der Waals surface area contributed by atoms with Gasteiger partial charge in [0.2, 0.25) is 11.6 Å². The number of ether oxygens (including phenoxy) is 4. The molecule has 0 bridgehead atoms. The Kier molecular flexibility index (Phi) is 8.26. The van der Waals surface area contributed by atoms with Crippen molar-refractivity contribution in [1.29, 1.82) is 0 Å². The van der Waals surface area contributed by atoms with Crippen LogP contribution in [0.1, 0.15) is 26.4 Å². The summed E-state index contributed by atoms with van der Waals surface area (Å²) in [7, 11) is 1.56. The molecule has 0 aliphatic carbocycles. The van der Waals surface area contributed by atoms with Gasteiger partial charge in [-0.1, -0.05) is 0 Å². The van der Waals surface area contributed by atoms with Crippen molar-refractivity contribution in [3.63, 3.8) is 0 Å². The summed E-state index contributed by atoms with van der Waals surface area (Å²) >= 11 is 0. The van der Waals surface area contributed by atoms with Gasteiger partial charge in [-0.25, -0.2) is 4.39 Å². The fourth-order valence-electron chi connectivity index (χ4n) is 3.27. The number of benzene rings is 2. The van der Waals surface area contributed by atoms with Crippen LogP contribution >= 0.6 is 0 Å². The Balaban J connectivity index is 2.19. The van der Waals surface area contributed by atoms with Crippen LogP contribution in [0.3, 0.4) is 0 Å². The minimum atomic E-state index is -5.39. The number of pyridine rings is 1. The van der Waals surface area contributed by atoms with E-state index >= 15 is 4.39 Å². The number of halogens is 8. The molecule has 9 nitrogen and oxygen atoms in total. The van der Waals surface area contributed by atoms with E-state index in [1.807, 2.05) is 5.32 Å². The van der Waals surface area contributed by atoms with Crippen LogP contribution in [-0.4, -0.2) is 37.4 Å². The molecule has 0 spiro atoms. The Morgan fingerprint density at radius 2 is 1.52 bits per heavy atom. The molecule has 17 heteroatoms. The Bertz CT molecular complexity index is 1460. The molecule has 0 saturated heterocycles. The maximum Gasteiger partial charge on any atom is 0.573 e. The van der Waals surface area contributed by atoms with Gasteiger partial charge in [0.1, 0.15) is 28.3 Å². The highest BCUT2D eigenvalue weighted by Crippen LogP contribution is 2.46. The molecule has 0 aliphatic rings. The molecule has 2 amide bonds. The first-order chi connectivity index (χ1) is 18.6. The van der Waals surface area contributed by atoms with Crippen molar-refractivity contribution in [2.75, 3.05) is 19.5 Å². The number of alkyl halides is 6. The van der Waals surface area contributed by atoms with Gasteiger partial charge in [-0.15, -0.1) is 13.2 Å². The number of nitrogens with zero attached hydrogens (tertiary/aromatic N) is 1. The van der Waals surface area contributed by atoms with E-state index in [-0.39, 0.29) is 11.4 Å². The van der Waals surface area contributed by atoms with Crippen LogP contribution in [0.15, 0.2) is 36.5 Å². The molecule has 0 atom stereocenters. The van der Waals surface area contributed by atoms with Crippen molar-refractivity contribution in [3.05, 3.63) is 65.0 Å². The topological polar surface area (TPSA) is 122 Å². The van der Waals surface area contributed by atoms with Gasteiger partial charge in [-0.05, 0) is 24.3 Å². The van der Waals surface area contributed by atoms with Gasteiger partial charge in [0.05, 0.1) is 14.2 Å². The third-order valence-corrected chi connectivity index (χ3v) is 4.87. The van der Waals surface area contributed by atoms with Gasteiger partial charge in [0.25, 0.3) is 11.8 Å². The van der Waals surface area contributed by atoms with Crippen molar-refractivity contribution >= 4 is 17.5 Å². The summed E-state index contributed by atoms with van der Waals surface area (Å²) in [4.78, 5) is 28.0. The highest BCUT2D eigenvalue weighted by Gasteiger charge is 2.42. The van der Waals surface area contributed by atoms with E-state index in [1.165, 1.54) is 0 Å². The molecule has 0 fully saturated rings. The second kappa shape index (κ2) is 11.1. The largest absolute Gasteiger partial charge is 0.573 e. The predicted molar refractivity (Wildman–Crippen MR) is 118 cm³/mol. The Hall–Kier alpha value is -4.83. The lowest BCUT2D eigenvalue weighted by Gasteiger charge is -2.20. The minimum Gasteiger partial charge on any atom is -0.496 e. The van der Waals surface area contributed by atoms with E-state index < -0.39 is 75.9 Å². The highest BCUT2D eigenvalue weighted by molar-refractivity contribution is 6.07. The number of amides is 2. The zero-order valence-electron chi connectivity index (χ0n) is 20.0. The van der Waals surface area contributed by atoms with Crippen LogP contribution in [-0.2, 0) is 6.18 Å². The predicted octanol–water partition coefficient (Wildman–Crippen LogP) is 5.44. The number of primary amides is 1. The summed E-state index contributed by atoms with van der Waals surface area (Å²) < 4.78 is 127. The average Bonchev–Trinajstić information content (AvgIpc) is 2.84. The quantitative estimate of drug-likeness (QED) is 0.340. The summed E-state index contributed by atoms with van der Waals surface area (Å²) in [5, 5.41) is 2.05. The standard InChI is InChI=1S/C23H15F8N3O6/c1-37-14-8-13(39-12-4-3-11(40-23(29,30)31)17(24)19(12)38-2)15(18(25)16(14)22(26,27)28)21(36)34-9-5-6-33-10(7-9)20(32)35/h3-8H,1-2H3,(H2,32,35)(H,33,34,36). The molecule has 0 radical (unpaired) electrons. The fraction of sp³-hybridized carbons (Fsp3) is 0.174. The third-order valence-electron chi connectivity index (χ3n) is 4.87. The van der Waals surface area contributed by atoms with Gasteiger partial charge in [0.15, 0.2) is 17.3 Å². The maximum atomic E-state index is 15.4. The smallest absolute Gasteiger partial charge is 0.496 e. The number of carbonyl (C=O) groups is 2. The van der Waals surface area contributed by atoms with Crippen molar-refractivity contribution in [3.8, 4) is 28.7 Å². The van der Waals surface area contributed by atoms with Crippen molar-refractivity contribution in [1.82, 2.24) is 4.98 Å². The molecule has 0 aliphatic heterocycles. The summed E-state index contributed by atoms with van der Waals surface area (Å²) in [6.07, 6.45) is -9.68. The Morgan fingerprint density at radius 1 is 0.875 bits per heavy atom. The summed E-state index contributed by atoms with van der Waals surface area (Å²) in [5.41, 5.74) is 1.09. The zero-order valence-corrected chi connectivity index (χ0v) is 20.0. The van der Waals surface area contributed by atoms with Gasteiger partial charge in [0, 0.05) is 18.0 Å². The molecule has 0 saturated carbocycles. The first-order valence-corrected chi connectivity index (χ1v) is 10.4. The SMILES string of the molecule is COc1cc(Oc2ccc(OC(F)(F)F)c(F)c2OC)c(C(=O)Nc2ccnc(C(N)=O)c2)c(F)c1C(F)(F)F. The molecule has 3 N–H and O–H groups in total. The number of nitrogens with one attached hydrogen (secondary N) is 1. The maximum absolute atomic E-state index is 15.4. The molecule has 40 heavy (non-hydrogen) atoms. The van der Waals surface area contributed by atoms with Gasteiger partial charge < -0.3 is 30.0 Å². The second-order valence-electron chi connectivity index (χ2n) is 7.45. The van der Waals surface area contributed by atoms with E-state index in [0.717, 1.165) is 32.5 Å². The number of aromatic nitrogens is 1. The molecular formula is C23H15F8N3O6. The number of hydrogen-bond acceptors (Lipinski definition) is 7. The normalized spacial score (nSPS) is 11.6. The van der Waals surface area contributed by atoms with Crippen molar-refractivity contribution in [2.24, 2.45) is 5.73 Å². The molecule has 214 valence electrons. The van der Waals surface area contributed by atoms with Crippen LogP contribution in [0.25, 0.3) is 0 Å². The number of methoxy groups -OCH3 is 2. The van der Waals surface area contributed by atoms with E-state index in [2.05, 4.69) is 14.5 Å². The molecule has 0 unspecified atom stereocenters. The molecule has 3 aromatic rings. The first kappa shape index (κ1) is 29.7. The van der Waals surface area contributed by atoms with Crippen LogP contribution in [0.2, 0.25) is 0 Å². The number of anilines is 1. The van der Waals surface area contributed by atoms with Crippen LogP contribution in [0.4, 0.5) is 40.8 Å². The molecule has 1 aromatic heterocycles. The minimum absolute atomic E-state index is 0.249. The third kappa shape index (κ3) is 6.41. The average molecular weight is 581 g/mol. The van der Waals surface area contributed by atoms with Crippen LogP contribution in [0, 0.1) is 11.6 Å². The van der Waals surface area contributed by atoms with E-state index in [0.29, 0.717) is 18.2 Å². The van der Waals surface area contributed by atoms with Gasteiger partial charge >= 0.3 is 12.5 Å². The van der Waals surface area contributed by atoms with E-state index in [1.54, 1.807) is 0 Å². The van der Waals surface area contributed by atoms with Gasteiger partial charge in [-0.2, -0.15) is 17.6 Å². The summed E-state index contributed by atoms with van der Waals surface area (Å²) in [5.74, 6) is -11.8. The van der Waals surface area contributed by atoms with Gasteiger partial charge in [-0.3, -0.25) is 14.6 Å². The second-order valence-corrected chi connectivity index (χ2v) is 7.45. The summed E-state index contributed by atoms with van der Waals surface area (Å²) in [6.45, 7) is 0. The highest BCUT2D eigenvalue weighted by atomic mass is 19.4. The lowest BCUT2D eigenvalue weighted by atomic mass is 10.0. The first-order valence-electron chi connectivity index (χ1n) is 10.4. The monoisotopic (exact) mass is 581 g/mol. The summed E-state index contributed by atoms with van der Waals surface area (Å²) in [6, 6.07) is 3.58. The van der Waals surface area contributed by atoms with E-state index in [9.17, 15) is 40.3 Å².